The van der Waals surface area contributed by atoms with Gasteiger partial charge in [-0.15, -0.1) is 0 Å². The number of ketones is 1. The van der Waals surface area contributed by atoms with Gasteiger partial charge in [0.2, 0.25) is 5.78 Å². The first-order chi connectivity index (χ1) is 8.09. The Morgan fingerprint density at radius 2 is 2.12 bits per heavy atom. The van der Waals surface area contributed by atoms with E-state index in [0.717, 1.165) is 0 Å². The van der Waals surface area contributed by atoms with Crippen LogP contribution in [0.2, 0.25) is 10.0 Å². The zero-order chi connectivity index (χ0) is 12.4. The van der Waals surface area contributed by atoms with E-state index in [1.54, 1.807) is 30.6 Å². The number of nitrogens with zero attached hydrogens (tertiary/aromatic N) is 2. The third-order valence-corrected chi connectivity index (χ3v) is 2.77. The topological polar surface area (TPSA) is 34.9 Å². The van der Waals surface area contributed by atoms with E-state index >= 15 is 0 Å². The number of Topliss-reactive ketones (excluding diaryl/α,β-unsaturated/α-hetero) is 1. The number of hydrogen-bond acceptors (Lipinski definition) is 2. The summed E-state index contributed by atoms with van der Waals surface area (Å²) in [4.78, 5) is 12.1. The number of aromatic nitrogens is 2. The van der Waals surface area contributed by atoms with E-state index in [-0.39, 0.29) is 11.5 Å². The SMILES string of the molecule is C=C(C(=O)c1ccc(Cl)cc1Cl)n1cccn1. The molecule has 0 bridgehead atoms. The van der Waals surface area contributed by atoms with Crippen LogP contribution < -0.4 is 0 Å². The van der Waals surface area contributed by atoms with Gasteiger partial charge in [0.25, 0.3) is 0 Å². The van der Waals surface area contributed by atoms with Crippen LogP contribution in [-0.4, -0.2) is 15.6 Å². The second-order valence-electron chi connectivity index (χ2n) is 3.35. The standard InChI is InChI=1S/C12H8Cl2N2O/c1-8(16-6-2-5-15-16)12(17)10-4-3-9(13)7-11(10)14/h2-7H,1H2. The van der Waals surface area contributed by atoms with E-state index in [2.05, 4.69) is 11.7 Å². The predicted molar refractivity (Wildman–Crippen MR) is 68.3 cm³/mol. The maximum absolute atomic E-state index is 12.1. The molecule has 0 spiro atoms. The first-order valence-corrected chi connectivity index (χ1v) is 5.54. The quantitative estimate of drug-likeness (QED) is 0.629. The number of rotatable bonds is 3. The van der Waals surface area contributed by atoms with Gasteiger partial charge in [0.15, 0.2) is 0 Å². The molecule has 5 heteroatoms. The molecule has 0 amide bonds. The molecule has 3 nitrogen and oxygen atoms in total. The lowest BCUT2D eigenvalue weighted by molar-refractivity contribution is 0.105. The number of hydrogen-bond donors (Lipinski definition) is 0. The molecule has 0 radical (unpaired) electrons. The Balaban J connectivity index is 2.35. The van der Waals surface area contributed by atoms with Gasteiger partial charge in [-0.2, -0.15) is 5.10 Å². The normalized spacial score (nSPS) is 10.2. The Morgan fingerprint density at radius 3 is 2.71 bits per heavy atom. The first kappa shape index (κ1) is 11.9. The van der Waals surface area contributed by atoms with Crippen LogP contribution in [0.25, 0.3) is 5.70 Å². The summed E-state index contributed by atoms with van der Waals surface area (Å²) >= 11 is 11.7. The minimum atomic E-state index is -0.282. The molecule has 0 N–H and O–H groups in total. The maximum Gasteiger partial charge on any atom is 0.212 e. The van der Waals surface area contributed by atoms with Crippen LogP contribution in [-0.2, 0) is 0 Å². The Bertz CT molecular complexity index is 576. The van der Waals surface area contributed by atoms with E-state index in [9.17, 15) is 4.79 Å². The number of allylic oxidation sites excluding steroid dienone is 1. The van der Waals surface area contributed by atoms with Gasteiger partial charge in [0.1, 0.15) is 5.70 Å². The van der Waals surface area contributed by atoms with Crippen LogP contribution in [0.15, 0.2) is 43.2 Å². The third-order valence-electron chi connectivity index (χ3n) is 2.22. The van der Waals surface area contributed by atoms with Crippen LogP contribution in [0, 0.1) is 0 Å². The highest BCUT2D eigenvalue weighted by Crippen LogP contribution is 2.23. The lowest BCUT2D eigenvalue weighted by Gasteiger charge is -2.06. The molecule has 2 rings (SSSR count). The summed E-state index contributed by atoms with van der Waals surface area (Å²) in [5.41, 5.74) is 0.593. The lowest BCUT2D eigenvalue weighted by Crippen LogP contribution is -2.09. The molecule has 0 aliphatic carbocycles. The van der Waals surface area contributed by atoms with Crippen LogP contribution in [0.4, 0.5) is 0 Å². The second kappa shape index (κ2) is 4.73. The van der Waals surface area contributed by atoms with Crippen LogP contribution in [0.1, 0.15) is 10.4 Å². The van der Waals surface area contributed by atoms with Crippen molar-refractivity contribution in [2.24, 2.45) is 0 Å². The average Bonchev–Trinajstić information content (AvgIpc) is 2.80. The van der Waals surface area contributed by atoms with Crippen LogP contribution in [0.3, 0.4) is 0 Å². The van der Waals surface area contributed by atoms with Gasteiger partial charge in [0, 0.05) is 23.0 Å². The fourth-order valence-electron chi connectivity index (χ4n) is 1.36. The zero-order valence-corrected chi connectivity index (χ0v) is 10.2. The van der Waals surface area contributed by atoms with Crippen LogP contribution in [0.5, 0.6) is 0 Å². The Labute approximate surface area is 108 Å². The van der Waals surface area contributed by atoms with Crippen molar-refractivity contribution in [3.05, 3.63) is 58.8 Å². The molecule has 17 heavy (non-hydrogen) atoms. The summed E-state index contributed by atoms with van der Waals surface area (Å²) in [5.74, 6) is -0.282. The van der Waals surface area contributed by atoms with Gasteiger partial charge in [-0.05, 0) is 24.3 Å². The first-order valence-electron chi connectivity index (χ1n) is 4.78. The van der Waals surface area contributed by atoms with Gasteiger partial charge < -0.3 is 0 Å². The number of halogens is 2. The molecular weight excluding hydrogens is 259 g/mol. The summed E-state index contributed by atoms with van der Waals surface area (Å²) in [6.07, 6.45) is 3.21. The van der Waals surface area contributed by atoms with Gasteiger partial charge in [-0.1, -0.05) is 29.8 Å². The Morgan fingerprint density at radius 1 is 1.35 bits per heavy atom. The minimum Gasteiger partial charge on any atom is -0.287 e. The van der Waals surface area contributed by atoms with Crippen molar-refractivity contribution in [1.29, 1.82) is 0 Å². The number of benzene rings is 1. The van der Waals surface area contributed by atoms with E-state index in [0.29, 0.717) is 15.6 Å². The maximum atomic E-state index is 12.1. The molecule has 0 unspecified atom stereocenters. The summed E-state index contributed by atoms with van der Waals surface area (Å²) in [6.45, 7) is 3.70. The molecule has 0 atom stereocenters. The van der Waals surface area contributed by atoms with Gasteiger partial charge in [0.05, 0.1) is 5.02 Å². The van der Waals surface area contributed by atoms with Crippen molar-refractivity contribution in [3.8, 4) is 0 Å². The Kier molecular flexibility index (Phi) is 3.31. The summed E-state index contributed by atoms with van der Waals surface area (Å²) in [6, 6.07) is 6.41. The average molecular weight is 267 g/mol. The molecule has 86 valence electrons. The lowest BCUT2D eigenvalue weighted by atomic mass is 10.1. The van der Waals surface area contributed by atoms with Gasteiger partial charge in [-0.3, -0.25) is 4.79 Å². The van der Waals surface area contributed by atoms with E-state index in [1.807, 2.05) is 0 Å². The second-order valence-corrected chi connectivity index (χ2v) is 4.19. The zero-order valence-electron chi connectivity index (χ0n) is 8.73. The van der Waals surface area contributed by atoms with Crippen molar-refractivity contribution in [2.75, 3.05) is 0 Å². The van der Waals surface area contributed by atoms with Crippen molar-refractivity contribution in [1.82, 2.24) is 9.78 Å². The number of carbonyl (C=O) groups excluding carboxylic acids is 1. The van der Waals surface area contributed by atoms with E-state index in [1.165, 1.54) is 10.7 Å². The van der Waals surface area contributed by atoms with Crippen LogP contribution >= 0.6 is 23.2 Å². The van der Waals surface area contributed by atoms with E-state index < -0.39 is 0 Å². The summed E-state index contributed by atoms with van der Waals surface area (Å²) < 4.78 is 1.40. The molecular formula is C12H8Cl2N2O. The highest BCUT2D eigenvalue weighted by Gasteiger charge is 2.15. The summed E-state index contributed by atoms with van der Waals surface area (Å²) in [5, 5.41) is 4.72. The Hall–Kier alpha value is -1.58. The van der Waals surface area contributed by atoms with Gasteiger partial charge >= 0.3 is 0 Å². The molecule has 2 aromatic rings. The molecule has 0 fully saturated rings. The molecule has 0 aliphatic rings. The van der Waals surface area contributed by atoms with Crippen molar-refractivity contribution >= 4 is 34.7 Å². The number of carbonyl (C=O) groups is 1. The van der Waals surface area contributed by atoms with E-state index in [4.69, 9.17) is 23.2 Å². The highest BCUT2D eigenvalue weighted by molar-refractivity contribution is 6.39. The van der Waals surface area contributed by atoms with Crippen molar-refractivity contribution in [2.45, 2.75) is 0 Å². The van der Waals surface area contributed by atoms with Crippen molar-refractivity contribution in [3.63, 3.8) is 0 Å². The molecule has 0 saturated heterocycles. The summed E-state index contributed by atoms with van der Waals surface area (Å²) in [7, 11) is 0. The fourth-order valence-corrected chi connectivity index (χ4v) is 1.86. The molecule has 1 aromatic carbocycles. The largest absolute Gasteiger partial charge is 0.287 e. The molecule has 1 aromatic heterocycles. The highest BCUT2D eigenvalue weighted by atomic mass is 35.5. The van der Waals surface area contributed by atoms with Crippen molar-refractivity contribution < 1.29 is 4.79 Å². The molecule has 1 heterocycles. The monoisotopic (exact) mass is 266 g/mol. The predicted octanol–water partition coefficient (Wildman–Crippen LogP) is 3.54. The molecule has 0 aliphatic heterocycles. The molecule has 0 saturated carbocycles. The minimum absolute atomic E-state index is 0.235. The smallest absolute Gasteiger partial charge is 0.212 e. The third kappa shape index (κ3) is 2.40. The fraction of sp³-hybridized carbons (Fsp3) is 0. The van der Waals surface area contributed by atoms with Gasteiger partial charge in [-0.25, -0.2) is 4.68 Å².